The lowest BCUT2D eigenvalue weighted by Gasteiger charge is -2.10. The van der Waals surface area contributed by atoms with Crippen molar-refractivity contribution in [2.75, 3.05) is 5.32 Å². The van der Waals surface area contributed by atoms with Crippen molar-refractivity contribution in [1.29, 1.82) is 0 Å². The van der Waals surface area contributed by atoms with Crippen molar-refractivity contribution in [1.82, 2.24) is 19.6 Å². The number of hydrogen-bond acceptors (Lipinski definition) is 4. The lowest BCUT2D eigenvalue weighted by molar-refractivity contribution is -0.117. The Hall–Kier alpha value is -3.33. The average molecular weight is 482 g/mol. The Morgan fingerprint density at radius 2 is 1.84 bits per heavy atom. The highest BCUT2D eigenvalue weighted by Crippen LogP contribution is 2.41. The number of halogens is 2. The highest BCUT2D eigenvalue weighted by molar-refractivity contribution is 9.10. The number of carbonyl (C=O) groups is 1. The van der Waals surface area contributed by atoms with Crippen molar-refractivity contribution in [2.24, 2.45) is 0 Å². The molecule has 0 saturated heterocycles. The summed E-state index contributed by atoms with van der Waals surface area (Å²) >= 11 is 3.35. The first-order valence-corrected chi connectivity index (χ1v) is 10.6. The van der Waals surface area contributed by atoms with E-state index in [0.717, 1.165) is 23.0 Å². The van der Waals surface area contributed by atoms with E-state index in [1.54, 1.807) is 30.5 Å². The molecule has 1 saturated carbocycles. The molecule has 31 heavy (non-hydrogen) atoms. The maximum atomic E-state index is 13.4. The number of amides is 1. The molecule has 1 aliphatic rings. The number of nitrogens with zero attached hydrogens (tertiary/aromatic N) is 4. The van der Waals surface area contributed by atoms with Crippen LogP contribution in [0.15, 0.2) is 64.0 Å². The van der Waals surface area contributed by atoms with E-state index in [-0.39, 0.29) is 24.2 Å². The minimum Gasteiger partial charge on any atom is -0.324 e. The fourth-order valence-corrected chi connectivity index (χ4v) is 3.77. The van der Waals surface area contributed by atoms with Gasteiger partial charge in [-0.1, -0.05) is 15.9 Å². The Morgan fingerprint density at radius 1 is 1.13 bits per heavy atom. The Bertz CT molecular complexity index is 1340. The second kappa shape index (κ2) is 7.73. The predicted molar refractivity (Wildman–Crippen MR) is 118 cm³/mol. The van der Waals surface area contributed by atoms with Gasteiger partial charge in [-0.2, -0.15) is 10.2 Å². The normalized spacial score (nSPS) is 13.5. The van der Waals surface area contributed by atoms with Gasteiger partial charge in [0.05, 0.1) is 17.6 Å². The van der Waals surface area contributed by atoms with Gasteiger partial charge in [-0.05, 0) is 61.4 Å². The summed E-state index contributed by atoms with van der Waals surface area (Å²) in [6.45, 7) is -0.223. The van der Waals surface area contributed by atoms with Gasteiger partial charge < -0.3 is 5.32 Å². The first-order chi connectivity index (χ1) is 15.0. The predicted octanol–water partition coefficient (Wildman–Crippen LogP) is 4.00. The van der Waals surface area contributed by atoms with E-state index < -0.39 is 5.56 Å². The fraction of sp³-hybridized carbons (Fsp3) is 0.182. The van der Waals surface area contributed by atoms with Gasteiger partial charge in [0.1, 0.15) is 17.9 Å². The zero-order valence-corrected chi connectivity index (χ0v) is 17.8. The molecule has 1 N–H and O–H groups in total. The molecule has 0 spiro atoms. The highest BCUT2D eigenvalue weighted by Gasteiger charge is 2.30. The van der Waals surface area contributed by atoms with E-state index in [0.29, 0.717) is 22.3 Å². The molecule has 4 aromatic rings. The number of rotatable bonds is 5. The Balaban J connectivity index is 1.55. The van der Waals surface area contributed by atoms with Crippen LogP contribution in [0.4, 0.5) is 10.1 Å². The lowest BCUT2D eigenvalue weighted by Crippen LogP contribution is -2.31. The summed E-state index contributed by atoms with van der Waals surface area (Å²) in [7, 11) is 0. The number of anilines is 1. The van der Waals surface area contributed by atoms with E-state index in [2.05, 4.69) is 31.4 Å². The molecule has 2 aromatic heterocycles. The van der Waals surface area contributed by atoms with E-state index >= 15 is 0 Å². The van der Waals surface area contributed by atoms with Crippen molar-refractivity contribution in [3.05, 3.63) is 81.1 Å². The quantitative estimate of drug-likeness (QED) is 0.467. The lowest BCUT2D eigenvalue weighted by atomic mass is 10.2. The number of hydrogen-bond donors (Lipinski definition) is 1. The van der Waals surface area contributed by atoms with Gasteiger partial charge in [0.2, 0.25) is 5.91 Å². The van der Waals surface area contributed by atoms with Gasteiger partial charge >= 0.3 is 0 Å². The van der Waals surface area contributed by atoms with Gasteiger partial charge in [0.25, 0.3) is 5.56 Å². The van der Waals surface area contributed by atoms with Crippen LogP contribution in [0.25, 0.3) is 16.6 Å². The molecule has 1 amide bonds. The second-order valence-electron chi connectivity index (χ2n) is 7.47. The third-order valence-corrected chi connectivity index (χ3v) is 5.70. The summed E-state index contributed by atoms with van der Waals surface area (Å²) in [5.41, 5.74) is 1.86. The summed E-state index contributed by atoms with van der Waals surface area (Å²) < 4.78 is 16.9. The average Bonchev–Trinajstić information content (AvgIpc) is 3.50. The van der Waals surface area contributed by atoms with Gasteiger partial charge in [0, 0.05) is 21.5 Å². The molecular weight excluding hydrogens is 465 g/mol. The van der Waals surface area contributed by atoms with Crippen LogP contribution in [0.2, 0.25) is 0 Å². The van der Waals surface area contributed by atoms with Gasteiger partial charge in [-0.3, -0.25) is 9.59 Å². The second-order valence-corrected chi connectivity index (χ2v) is 8.39. The summed E-state index contributed by atoms with van der Waals surface area (Å²) in [5, 5.41) is 12.3. The molecule has 5 rings (SSSR count). The molecule has 0 atom stereocenters. The molecule has 9 heteroatoms. The number of aromatic nitrogens is 4. The Morgan fingerprint density at radius 3 is 2.52 bits per heavy atom. The van der Waals surface area contributed by atoms with Crippen LogP contribution in [0, 0.1) is 5.82 Å². The number of benzene rings is 2. The summed E-state index contributed by atoms with van der Waals surface area (Å²) in [4.78, 5) is 25.9. The Kier molecular flexibility index (Phi) is 4.90. The number of carbonyl (C=O) groups excluding carboxylic acids is 1. The number of nitrogens with one attached hydrogen (secondary N) is 1. The standard InChI is InChI=1S/C22H17BrFN5O2/c23-14-3-7-16(8-4-14)26-19(30)12-28-22(31)21-18(20(27-28)13-1-2-13)11-25-29(21)17-9-5-15(24)6-10-17/h3-11,13H,1-2,12H2,(H,26,30). The summed E-state index contributed by atoms with van der Waals surface area (Å²) in [6.07, 6.45) is 3.58. The molecule has 0 aliphatic heterocycles. The minimum absolute atomic E-state index is 0.223. The van der Waals surface area contributed by atoms with Crippen molar-refractivity contribution < 1.29 is 9.18 Å². The van der Waals surface area contributed by atoms with Crippen LogP contribution in [-0.4, -0.2) is 25.5 Å². The molecule has 0 radical (unpaired) electrons. The smallest absolute Gasteiger partial charge is 0.293 e. The zero-order valence-electron chi connectivity index (χ0n) is 16.3. The largest absolute Gasteiger partial charge is 0.324 e. The van der Waals surface area contributed by atoms with Crippen LogP contribution < -0.4 is 10.9 Å². The highest BCUT2D eigenvalue weighted by atomic mass is 79.9. The van der Waals surface area contributed by atoms with E-state index in [4.69, 9.17) is 0 Å². The van der Waals surface area contributed by atoms with Crippen molar-refractivity contribution in [3.63, 3.8) is 0 Å². The molecule has 0 unspecified atom stereocenters. The fourth-order valence-electron chi connectivity index (χ4n) is 3.51. The molecule has 1 fully saturated rings. The maximum absolute atomic E-state index is 13.4. The van der Waals surface area contributed by atoms with Crippen molar-refractivity contribution in [2.45, 2.75) is 25.3 Å². The van der Waals surface area contributed by atoms with Crippen molar-refractivity contribution in [3.8, 4) is 5.69 Å². The third kappa shape index (κ3) is 3.88. The van der Waals surface area contributed by atoms with E-state index in [1.807, 2.05) is 12.1 Å². The first kappa shape index (κ1) is 19.6. The van der Waals surface area contributed by atoms with Gasteiger partial charge in [-0.15, -0.1) is 0 Å². The molecule has 2 heterocycles. The SMILES string of the molecule is O=C(Cn1nc(C2CC2)c2cnn(-c3ccc(F)cc3)c2c1=O)Nc1ccc(Br)cc1. The third-order valence-electron chi connectivity index (χ3n) is 5.17. The molecular formula is C22H17BrFN5O2. The van der Waals surface area contributed by atoms with Crippen LogP contribution in [0.5, 0.6) is 0 Å². The topological polar surface area (TPSA) is 81.8 Å². The van der Waals surface area contributed by atoms with E-state index in [1.165, 1.54) is 21.5 Å². The molecule has 0 bridgehead atoms. The minimum atomic E-state index is -0.424. The summed E-state index contributed by atoms with van der Waals surface area (Å²) in [5.74, 6) is -0.483. The van der Waals surface area contributed by atoms with Crippen LogP contribution >= 0.6 is 15.9 Å². The zero-order chi connectivity index (χ0) is 21.5. The van der Waals surface area contributed by atoms with Gasteiger partial charge in [-0.25, -0.2) is 13.8 Å². The van der Waals surface area contributed by atoms with Crippen LogP contribution in [0.3, 0.4) is 0 Å². The van der Waals surface area contributed by atoms with Crippen molar-refractivity contribution >= 4 is 38.4 Å². The van der Waals surface area contributed by atoms with Crippen LogP contribution in [-0.2, 0) is 11.3 Å². The summed E-state index contributed by atoms with van der Waals surface area (Å²) in [6, 6.07) is 12.9. The molecule has 156 valence electrons. The first-order valence-electron chi connectivity index (χ1n) is 9.80. The van der Waals surface area contributed by atoms with Gasteiger partial charge in [0.15, 0.2) is 0 Å². The van der Waals surface area contributed by atoms with Crippen LogP contribution in [0.1, 0.15) is 24.5 Å². The molecule has 1 aliphatic carbocycles. The molecule has 7 nitrogen and oxygen atoms in total. The van der Waals surface area contributed by atoms with E-state index in [9.17, 15) is 14.0 Å². The Labute approximate surface area is 184 Å². The maximum Gasteiger partial charge on any atom is 0.293 e. The molecule has 2 aromatic carbocycles. The number of fused-ring (bicyclic) bond motifs is 1. The monoisotopic (exact) mass is 481 g/mol.